The molecule has 0 spiro atoms. The van der Waals surface area contributed by atoms with Crippen molar-refractivity contribution in [3.05, 3.63) is 31.5 Å². The highest BCUT2D eigenvalue weighted by Gasteiger charge is 2.21. The first-order chi connectivity index (χ1) is 8.56. The van der Waals surface area contributed by atoms with Crippen LogP contribution in [0.4, 0.5) is 11.9 Å². The molecule has 0 aliphatic carbocycles. The molecule has 2 aromatic heterocycles. The monoisotopic (exact) mass is 255 g/mol. The van der Waals surface area contributed by atoms with Gasteiger partial charge >= 0.3 is 5.95 Å². The largest absolute Gasteiger partial charge is 0.478 e. The quantitative estimate of drug-likeness (QED) is 0.513. The fourth-order valence-corrected chi connectivity index (χ4v) is 1.04. The summed E-state index contributed by atoms with van der Waals surface area (Å²) in [6, 6.07) is 0. The molecule has 0 aliphatic heterocycles. The van der Waals surface area contributed by atoms with Crippen molar-refractivity contribution in [2.45, 2.75) is 6.54 Å². The molecule has 0 saturated carbocycles. The molecule has 18 heavy (non-hydrogen) atoms. The molecule has 0 amide bonds. The molecule has 14 heteroatoms. The van der Waals surface area contributed by atoms with Crippen molar-refractivity contribution in [2.75, 3.05) is 0 Å². The lowest BCUT2D eigenvalue weighted by Crippen LogP contribution is -2.05. The molecule has 0 unspecified atom stereocenters. The molecule has 0 aromatic carbocycles. The van der Waals surface area contributed by atoms with E-state index >= 15 is 0 Å². The van der Waals surface area contributed by atoms with Crippen molar-refractivity contribution in [2.24, 2.45) is 0 Å². The number of nitrogens with zero attached hydrogens (tertiary/aromatic N) is 9. The van der Waals surface area contributed by atoms with Crippen LogP contribution in [-0.4, -0.2) is 45.3 Å². The van der Waals surface area contributed by atoms with Gasteiger partial charge in [0.25, 0.3) is 5.95 Å². The van der Waals surface area contributed by atoms with Gasteiger partial charge in [-0.05, 0) is 15.4 Å². The van der Waals surface area contributed by atoms with Crippen LogP contribution in [-0.2, 0) is 6.54 Å². The maximum Gasteiger partial charge on any atom is 0.478 e. The first kappa shape index (κ1) is 11.3. The second-order valence-corrected chi connectivity index (χ2v) is 2.79. The zero-order valence-corrected chi connectivity index (χ0v) is 8.37. The van der Waals surface area contributed by atoms with Crippen LogP contribution in [0.1, 0.15) is 5.82 Å². The van der Waals surface area contributed by atoms with Crippen molar-refractivity contribution in [3.8, 4) is 0 Å². The van der Waals surface area contributed by atoms with E-state index in [0.29, 0.717) is 0 Å². The van der Waals surface area contributed by atoms with Crippen LogP contribution < -0.4 is 0 Å². The first-order valence-corrected chi connectivity index (χ1v) is 4.24. The summed E-state index contributed by atoms with van der Waals surface area (Å²) in [5, 5.41) is 35.6. The summed E-state index contributed by atoms with van der Waals surface area (Å²) < 4.78 is 0.825. The van der Waals surface area contributed by atoms with Crippen LogP contribution in [0.5, 0.6) is 0 Å². The molecular weight excluding hydrogens is 252 g/mol. The molecular formula is C4H3N10O4-. The molecule has 0 fully saturated rings. The van der Waals surface area contributed by atoms with Gasteiger partial charge in [0.1, 0.15) is 5.03 Å². The van der Waals surface area contributed by atoms with Crippen LogP contribution in [0.2, 0.25) is 0 Å². The van der Waals surface area contributed by atoms with Crippen molar-refractivity contribution in [1.29, 1.82) is 0 Å². The van der Waals surface area contributed by atoms with E-state index in [-0.39, 0.29) is 12.4 Å². The Kier molecular flexibility index (Phi) is 2.73. The summed E-state index contributed by atoms with van der Waals surface area (Å²) in [6.07, 6.45) is 0. The van der Waals surface area contributed by atoms with Gasteiger partial charge in [-0.1, -0.05) is 10.2 Å². The van der Waals surface area contributed by atoms with E-state index in [0.717, 1.165) is 4.68 Å². The van der Waals surface area contributed by atoms with Gasteiger partial charge in [-0.15, -0.1) is 10.2 Å². The molecule has 2 heterocycles. The highest BCUT2D eigenvalue weighted by Crippen LogP contribution is 2.19. The zero-order chi connectivity index (χ0) is 13.1. The molecule has 0 bridgehead atoms. The number of rotatable bonds is 5. The topological polar surface area (TPSA) is 186 Å². The molecule has 0 atom stereocenters. The lowest BCUT2D eigenvalue weighted by molar-refractivity contribution is -0.420. The molecule has 0 aliphatic rings. The predicted molar refractivity (Wildman–Crippen MR) is 50.0 cm³/mol. The molecule has 0 radical (unpaired) electrons. The number of aromatic nitrogens is 7. The summed E-state index contributed by atoms with van der Waals surface area (Å²) in [7, 11) is 0. The highest BCUT2D eigenvalue weighted by molar-refractivity contribution is 5.30. The first-order valence-electron chi connectivity index (χ1n) is 4.24. The fraction of sp³-hybridized carbons (Fsp3) is 0.250. The van der Waals surface area contributed by atoms with E-state index in [4.69, 9.17) is 0 Å². The Morgan fingerprint density at radius 2 is 2.17 bits per heavy atom. The van der Waals surface area contributed by atoms with E-state index in [9.17, 15) is 20.2 Å². The Balaban J connectivity index is 2.31. The number of nitrogens with one attached hydrogen (secondary N) is 1. The number of aromatic amines is 1. The fourth-order valence-electron chi connectivity index (χ4n) is 1.04. The van der Waals surface area contributed by atoms with Gasteiger partial charge in [-0.25, -0.2) is 14.8 Å². The van der Waals surface area contributed by atoms with Gasteiger partial charge in [0.05, 0.1) is 6.54 Å². The molecule has 1 N–H and O–H groups in total. The zero-order valence-electron chi connectivity index (χ0n) is 8.37. The summed E-state index contributed by atoms with van der Waals surface area (Å²) in [4.78, 5) is 23.1. The lowest BCUT2D eigenvalue weighted by atomic mass is 10.6. The van der Waals surface area contributed by atoms with E-state index in [2.05, 4.69) is 36.1 Å². The molecule has 2 aromatic rings. The Morgan fingerprint density at radius 3 is 2.72 bits per heavy atom. The summed E-state index contributed by atoms with van der Waals surface area (Å²) in [5.74, 6) is -1.22. The number of H-pyrrole nitrogens is 1. The molecule has 2 rings (SSSR count). The standard InChI is InChI=1S/C4H3N10O4/c15-13(16)4-5-3(9-14(17)18)12(8-4)1-2-6-10-11-7-2/h1H2,(H-,5,6,7,8,9,10,11)/q-1. The second-order valence-electron chi connectivity index (χ2n) is 2.79. The third-order valence-electron chi connectivity index (χ3n) is 1.66. The summed E-state index contributed by atoms with van der Waals surface area (Å²) in [6.45, 7) is -0.190. The van der Waals surface area contributed by atoms with E-state index in [1.165, 1.54) is 0 Å². The van der Waals surface area contributed by atoms with Gasteiger partial charge in [-0.2, -0.15) is 5.21 Å². The van der Waals surface area contributed by atoms with Gasteiger partial charge in [-0.3, -0.25) is 0 Å². The average Bonchev–Trinajstić information content (AvgIpc) is 2.89. The van der Waals surface area contributed by atoms with Crippen molar-refractivity contribution >= 4 is 11.9 Å². The van der Waals surface area contributed by atoms with Gasteiger partial charge in [0, 0.05) is 0 Å². The Bertz CT molecular complexity index is 573. The Hall–Kier alpha value is -3.19. The number of nitro groups is 2. The SMILES string of the molecule is O=[N+]([O-])[N-]c1nc([N+](=O)[O-])nn1Cc1nn[nH]n1. The van der Waals surface area contributed by atoms with Crippen LogP contribution >= 0.6 is 0 Å². The van der Waals surface area contributed by atoms with Crippen molar-refractivity contribution < 1.29 is 9.96 Å². The average molecular weight is 255 g/mol. The maximum absolute atomic E-state index is 10.5. The van der Waals surface area contributed by atoms with Crippen molar-refractivity contribution in [3.63, 3.8) is 0 Å². The maximum atomic E-state index is 10.5. The highest BCUT2D eigenvalue weighted by atomic mass is 16.7. The Labute approximate surface area is 96.3 Å². The molecule has 94 valence electrons. The van der Waals surface area contributed by atoms with Gasteiger partial charge < -0.3 is 10.1 Å². The smallest absolute Gasteiger partial charge is 0.390 e. The number of hydrogen-bond acceptors (Lipinski definition) is 9. The minimum absolute atomic E-state index is 0.120. The molecule has 14 nitrogen and oxygen atoms in total. The lowest BCUT2D eigenvalue weighted by Gasteiger charge is -1.98. The van der Waals surface area contributed by atoms with Crippen molar-refractivity contribution in [1.82, 2.24) is 35.4 Å². The van der Waals surface area contributed by atoms with Gasteiger partial charge in [0.15, 0.2) is 5.82 Å². The summed E-state index contributed by atoms with van der Waals surface area (Å²) in [5.41, 5.74) is 2.86. The minimum Gasteiger partial charge on any atom is -0.390 e. The third kappa shape index (κ3) is 2.31. The predicted octanol–water partition coefficient (Wildman–Crippen LogP) is -1.06. The minimum atomic E-state index is -1.04. The van der Waals surface area contributed by atoms with Gasteiger partial charge in [0.2, 0.25) is 0 Å². The van der Waals surface area contributed by atoms with E-state index < -0.39 is 21.9 Å². The van der Waals surface area contributed by atoms with Crippen LogP contribution in [0.3, 0.4) is 0 Å². The van der Waals surface area contributed by atoms with E-state index in [1.54, 1.807) is 0 Å². The van der Waals surface area contributed by atoms with Crippen LogP contribution in [0.15, 0.2) is 0 Å². The second kappa shape index (κ2) is 4.36. The van der Waals surface area contributed by atoms with Crippen LogP contribution in [0, 0.1) is 20.2 Å². The normalized spacial score (nSPS) is 10.2. The summed E-state index contributed by atoms with van der Waals surface area (Å²) >= 11 is 0. The number of hydrogen-bond donors (Lipinski definition) is 1. The van der Waals surface area contributed by atoms with Crippen LogP contribution in [0.25, 0.3) is 5.43 Å². The number of tetrazole rings is 1. The Morgan fingerprint density at radius 1 is 1.39 bits per heavy atom. The third-order valence-corrected chi connectivity index (χ3v) is 1.66. The molecule has 0 saturated heterocycles. The van der Waals surface area contributed by atoms with E-state index in [1.807, 2.05) is 0 Å².